The zero-order valence-corrected chi connectivity index (χ0v) is 11.6. The fourth-order valence-corrected chi connectivity index (χ4v) is 1.98. The summed E-state index contributed by atoms with van der Waals surface area (Å²) < 4.78 is 0. The monoisotopic (exact) mass is 286 g/mol. The molecule has 0 aromatic heterocycles. The second kappa shape index (κ2) is 5.25. The summed E-state index contributed by atoms with van der Waals surface area (Å²) in [5, 5.41) is 13.9. The number of amides is 4. The lowest BCUT2D eigenvalue weighted by Gasteiger charge is -2.15. The lowest BCUT2D eigenvalue weighted by Crippen LogP contribution is -2.41. The van der Waals surface area contributed by atoms with Crippen LogP contribution in [0.25, 0.3) is 0 Å². The number of nitrogens with one attached hydrogen (secondary N) is 2. The van der Waals surface area contributed by atoms with Gasteiger partial charge in [0.2, 0.25) is 5.91 Å². The van der Waals surface area contributed by atoms with Gasteiger partial charge in [0.15, 0.2) is 0 Å². The number of hydrogen-bond donors (Lipinski definition) is 2. The smallest absolute Gasteiger partial charge is 0.324 e. The Balaban J connectivity index is 2.08. The summed E-state index contributed by atoms with van der Waals surface area (Å²) in [7, 11) is 0. The number of anilines is 1. The molecule has 2 rings (SSSR count). The quantitative estimate of drug-likeness (QED) is 0.803. The van der Waals surface area contributed by atoms with Crippen molar-refractivity contribution in [2.24, 2.45) is 0 Å². The van der Waals surface area contributed by atoms with E-state index in [0.717, 1.165) is 4.90 Å². The van der Waals surface area contributed by atoms with Crippen molar-refractivity contribution in [2.45, 2.75) is 19.4 Å². The van der Waals surface area contributed by atoms with Crippen LogP contribution < -0.4 is 10.6 Å². The number of para-hydroxylation sites is 1. The van der Waals surface area contributed by atoms with Gasteiger partial charge in [0, 0.05) is 0 Å². The zero-order valence-electron chi connectivity index (χ0n) is 11.6. The molecule has 108 valence electrons. The van der Waals surface area contributed by atoms with Crippen LogP contribution in [-0.2, 0) is 9.59 Å². The molecule has 1 fully saturated rings. The number of carbonyl (C=O) groups excluding carboxylic acids is 3. The maximum atomic E-state index is 12.0. The van der Waals surface area contributed by atoms with E-state index in [4.69, 9.17) is 5.26 Å². The van der Waals surface area contributed by atoms with Crippen LogP contribution in [0.15, 0.2) is 24.3 Å². The van der Waals surface area contributed by atoms with E-state index in [0.29, 0.717) is 11.3 Å². The standard InChI is InChI=1S/C14H14N4O3/c1-14(2)12(20)18(13(21)17-14)8-11(19)16-10-6-4-3-5-9(10)7-15/h3-6H,8H2,1-2H3,(H,16,19)(H,17,21). The van der Waals surface area contributed by atoms with Gasteiger partial charge in [0.1, 0.15) is 18.2 Å². The summed E-state index contributed by atoms with van der Waals surface area (Å²) in [6, 6.07) is 7.83. The molecular formula is C14H14N4O3. The van der Waals surface area contributed by atoms with Gasteiger partial charge >= 0.3 is 6.03 Å². The summed E-state index contributed by atoms with van der Waals surface area (Å²) in [5.41, 5.74) is -0.359. The third-order valence-electron chi connectivity index (χ3n) is 3.07. The number of hydrogen-bond acceptors (Lipinski definition) is 4. The van der Waals surface area contributed by atoms with E-state index >= 15 is 0 Å². The van der Waals surface area contributed by atoms with Crippen molar-refractivity contribution in [3.63, 3.8) is 0 Å². The molecule has 0 saturated carbocycles. The first-order valence-electron chi connectivity index (χ1n) is 6.28. The molecule has 1 saturated heterocycles. The number of benzene rings is 1. The highest BCUT2D eigenvalue weighted by Gasteiger charge is 2.44. The molecule has 2 N–H and O–H groups in total. The Labute approximate surface area is 121 Å². The van der Waals surface area contributed by atoms with Gasteiger partial charge in [-0.05, 0) is 26.0 Å². The number of imide groups is 1. The average molecular weight is 286 g/mol. The van der Waals surface area contributed by atoms with Crippen molar-refractivity contribution in [1.29, 1.82) is 5.26 Å². The minimum absolute atomic E-state index is 0.309. The molecule has 0 atom stereocenters. The summed E-state index contributed by atoms with van der Waals surface area (Å²) in [6.07, 6.45) is 0. The number of carbonyl (C=O) groups is 3. The highest BCUT2D eigenvalue weighted by molar-refractivity contribution is 6.09. The first-order valence-corrected chi connectivity index (χ1v) is 6.28. The van der Waals surface area contributed by atoms with Gasteiger partial charge in [0.25, 0.3) is 5.91 Å². The van der Waals surface area contributed by atoms with Gasteiger partial charge in [-0.1, -0.05) is 12.1 Å². The first kappa shape index (κ1) is 14.5. The number of nitrogens with zero attached hydrogens (tertiary/aromatic N) is 2. The Morgan fingerprint density at radius 2 is 2.05 bits per heavy atom. The maximum Gasteiger partial charge on any atom is 0.325 e. The SMILES string of the molecule is CC1(C)NC(=O)N(CC(=O)Nc2ccccc2C#N)C1=O. The minimum atomic E-state index is -1.01. The molecule has 0 unspecified atom stereocenters. The van der Waals surface area contributed by atoms with Crippen molar-refractivity contribution in [2.75, 3.05) is 11.9 Å². The van der Waals surface area contributed by atoms with Gasteiger partial charge in [-0.3, -0.25) is 14.5 Å². The number of nitriles is 1. The van der Waals surface area contributed by atoms with Crippen LogP contribution in [-0.4, -0.2) is 34.8 Å². The molecule has 1 aliphatic heterocycles. The summed E-state index contributed by atoms with van der Waals surface area (Å²) in [4.78, 5) is 36.4. The largest absolute Gasteiger partial charge is 0.325 e. The van der Waals surface area contributed by atoms with Gasteiger partial charge in [-0.15, -0.1) is 0 Å². The fourth-order valence-electron chi connectivity index (χ4n) is 1.98. The van der Waals surface area contributed by atoms with Gasteiger partial charge < -0.3 is 10.6 Å². The van der Waals surface area contributed by atoms with Crippen molar-refractivity contribution in [3.05, 3.63) is 29.8 Å². The van der Waals surface area contributed by atoms with E-state index in [1.165, 1.54) is 0 Å². The molecule has 1 aliphatic rings. The van der Waals surface area contributed by atoms with Crippen LogP contribution in [0.5, 0.6) is 0 Å². The van der Waals surface area contributed by atoms with Crippen LogP contribution in [0.1, 0.15) is 19.4 Å². The van der Waals surface area contributed by atoms with Crippen LogP contribution in [0.2, 0.25) is 0 Å². The predicted molar refractivity (Wildman–Crippen MR) is 74.1 cm³/mol. The van der Waals surface area contributed by atoms with E-state index in [1.807, 2.05) is 6.07 Å². The highest BCUT2D eigenvalue weighted by atomic mass is 16.2. The molecular weight excluding hydrogens is 272 g/mol. The topological polar surface area (TPSA) is 102 Å². The van der Waals surface area contributed by atoms with Crippen LogP contribution in [0, 0.1) is 11.3 Å². The first-order chi connectivity index (χ1) is 9.85. The number of rotatable bonds is 3. The highest BCUT2D eigenvalue weighted by Crippen LogP contribution is 2.17. The van der Waals surface area contributed by atoms with E-state index in [-0.39, 0.29) is 0 Å². The predicted octanol–water partition coefficient (Wildman–Crippen LogP) is 0.827. The van der Waals surface area contributed by atoms with Crippen molar-refractivity contribution < 1.29 is 14.4 Å². The zero-order chi connectivity index (χ0) is 15.6. The maximum absolute atomic E-state index is 12.0. The summed E-state index contributed by atoms with van der Waals surface area (Å²) in [5.74, 6) is -1.00. The van der Waals surface area contributed by atoms with Crippen LogP contribution >= 0.6 is 0 Å². The van der Waals surface area contributed by atoms with Gasteiger partial charge in [-0.2, -0.15) is 5.26 Å². The molecule has 7 nitrogen and oxygen atoms in total. The second-order valence-electron chi connectivity index (χ2n) is 5.15. The van der Waals surface area contributed by atoms with Gasteiger partial charge in [-0.25, -0.2) is 4.79 Å². The summed E-state index contributed by atoms with van der Waals surface area (Å²) >= 11 is 0. The Morgan fingerprint density at radius 1 is 1.38 bits per heavy atom. The Kier molecular flexibility index (Phi) is 3.63. The Bertz CT molecular complexity index is 660. The van der Waals surface area contributed by atoms with E-state index in [9.17, 15) is 14.4 Å². The van der Waals surface area contributed by atoms with E-state index < -0.39 is 29.9 Å². The molecule has 1 aromatic carbocycles. The molecule has 0 radical (unpaired) electrons. The average Bonchev–Trinajstić information content (AvgIpc) is 2.61. The molecule has 0 spiro atoms. The Morgan fingerprint density at radius 3 is 2.62 bits per heavy atom. The third-order valence-corrected chi connectivity index (χ3v) is 3.07. The second-order valence-corrected chi connectivity index (χ2v) is 5.15. The lowest BCUT2D eigenvalue weighted by molar-refractivity contribution is -0.132. The normalized spacial score (nSPS) is 16.3. The molecule has 21 heavy (non-hydrogen) atoms. The number of urea groups is 1. The van der Waals surface area contributed by atoms with Crippen molar-refractivity contribution in [3.8, 4) is 6.07 Å². The molecule has 0 aliphatic carbocycles. The molecule has 7 heteroatoms. The molecule has 1 heterocycles. The molecule has 0 bridgehead atoms. The van der Waals surface area contributed by atoms with Crippen molar-refractivity contribution in [1.82, 2.24) is 10.2 Å². The van der Waals surface area contributed by atoms with Gasteiger partial charge in [0.05, 0.1) is 11.3 Å². The van der Waals surface area contributed by atoms with E-state index in [2.05, 4.69) is 10.6 Å². The van der Waals surface area contributed by atoms with Crippen LogP contribution in [0.4, 0.5) is 10.5 Å². The van der Waals surface area contributed by atoms with E-state index in [1.54, 1.807) is 38.1 Å². The van der Waals surface area contributed by atoms with Crippen molar-refractivity contribution >= 4 is 23.5 Å². The van der Waals surface area contributed by atoms with Crippen LogP contribution in [0.3, 0.4) is 0 Å². The molecule has 4 amide bonds. The minimum Gasteiger partial charge on any atom is -0.324 e. The summed E-state index contributed by atoms with van der Waals surface area (Å²) in [6.45, 7) is 2.74. The third kappa shape index (κ3) is 2.84. The Hall–Kier alpha value is -2.88. The lowest BCUT2D eigenvalue weighted by atomic mass is 10.1. The fraction of sp³-hybridized carbons (Fsp3) is 0.286. The molecule has 1 aromatic rings.